The van der Waals surface area contributed by atoms with Gasteiger partial charge in [0.25, 0.3) is 0 Å². The largest absolute Gasteiger partial charge is 0.438 e. The molecule has 0 bridgehead atoms. The van der Waals surface area contributed by atoms with Crippen molar-refractivity contribution in [3.63, 3.8) is 0 Å². The van der Waals surface area contributed by atoms with Gasteiger partial charge < -0.3 is 9.84 Å². The van der Waals surface area contributed by atoms with Crippen LogP contribution < -0.4 is 0 Å². The highest BCUT2D eigenvalue weighted by Gasteiger charge is 2.59. The van der Waals surface area contributed by atoms with Gasteiger partial charge in [-0.05, 0) is 31.5 Å². The minimum atomic E-state index is -1.43. The Balaban J connectivity index is 1.85. The molecule has 1 aromatic heterocycles. The number of benzene rings is 1. The van der Waals surface area contributed by atoms with Gasteiger partial charge in [0.1, 0.15) is 0 Å². The molecule has 5 heteroatoms. The highest BCUT2D eigenvalue weighted by molar-refractivity contribution is 5.72. The van der Waals surface area contributed by atoms with Crippen molar-refractivity contribution in [1.29, 1.82) is 0 Å². The molecule has 1 amide bonds. The van der Waals surface area contributed by atoms with Crippen LogP contribution in [-0.4, -0.2) is 32.4 Å². The van der Waals surface area contributed by atoms with E-state index < -0.39 is 17.4 Å². The molecule has 1 N–H and O–H groups in total. The molecule has 1 saturated heterocycles. The quantitative estimate of drug-likeness (QED) is 0.943. The van der Waals surface area contributed by atoms with Crippen molar-refractivity contribution >= 4 is 6.09 Å². The maximum absolute atomic E-state index is 12.3. The first kappa shape index (κ1) is 15.5. The third kappa shape index (κ3) is 2.80. The molecule has 0 spiro atoms. The van der Waals surface area contributed by atoms with Crippen molar-refractivity contribution in [2.24, 2.45) is 0 Å². The number of hydrogen-bond acceptors (Lipinski definition) is 4. The van der Waals surface area contributed by atoms with Crippen LogP contribution in [0.15, 0.2) is 54.7 Å². The molecule has 3 rings (SSSR count). The number of cyclic esters (lactones) is 1. The second-order valence-corrected chi connectivity index (χ2v) is 6.19. The first-order valence-electron chi connectivity index (χ1n) is 7.59. The number of aromatic nitrogens is 1. The molecular formula is C18H20N2O3. The molecule has 0 radical (unpaired) electrons. The van der Waals surface area contributed by atoms with E-state index in [1.165, 1.54) is 4.90 Å². The van der Waals surface area contributed by atoms with Crippen molar-refractivity contribution in [3.8, 4) is 0 Å². The molecule has 0 unspecified atom stereocenters. The van der Waals surface area contributed by atoms with E-state index in [9.17, 15) is 9.90 Å². The Bertz CT molecular complexity index is 688. The Morgan fingerprint density at radius 2 is 1.83 bits per heavy atom. The zero-order valence-electron chi connectivity index (χ0n) is 13.3. The number of nitrogens with zero attached hydrogens (tertiary/aromatic N) is 2. The van der Waals surface area contributed by atoms with Crippen LogP contribution in [0.1, 0.15) is 25.1 Å². The normalized spacial score (nSPS) is 27.1. The summed E-state index contributed by atoms with van der Waals surface area (Å²) in [5, 5.41) is 11.0. The van der Waals surface area contributed by atoms with Gasteiger partial charge in [-0.25, -0.2) is 4.79 Å². The number of carbonyl (C=O) groups is 1. The van der Waals surface area contributed by atoms with E-state index >= 15 is 0 Å². The van der Waals surface area contributed by atoms with Gasteiger partial charge in [0, 0.05) is 12.6 Å². The van der Waals surface area contributed by atoms with Crippen molar-refractivity contribution in [1.82, 2.24) is 9.88 Å². The van der Waals surface area contributed by atoms with Crippen LogP contribution in [0, 0.1) is 0 Å². The summed E-state index contributed by atoms with van der Waals surface area (Å²) in [6, 6.07) is 15.2. The lowest BCUT2D eigenvalue weighted by molar-refractivity contribution is -0.138. The summed E-state index contributed by atoms with van der Waals surface area (Å²) in [7, 11) is 0. The average Bonchev–Trinajstić information content (AvgIpc) is 2.69. The lowest BCUT2D eigenvalue weighted by Crippen LogP contribution is -2.55. The van der Waals surface area contributed by atoms with Gasteiger partial charge in [0.05, 0.1) is 12.2 Å². The molecule has 1 aromatic carbocycles. The van der Waals surface area contributed by atoms with Crippen molar-refractivity contribution in [2.75, 3.05) is 0 Å². The van der Waals surface area contributed by atoms with Crippen molar-refractivity contribution in [2.45, 2.75) is 38.1 Å². The fourth-order valence-electron chi connectivity index (χ4n) is 2.87. The van der Waals surface area contributed by atoms with Gasteiger partial charge in [-0.2, -0.15) is 0 Å². The van der Waals surface area contributed by atoms with Crippen molar-refractivity contribution < 1.29 is 14.6 Å². The molecule has 1 aliphatic rings. The van der Waals surface area contributed by atoms with Gasteiger partial charge in [-0.15, -0.1) is 0 Å². The van der Waals surface area contributed by atoms with Gasteiger partial charge in [-0.1, -0.05) is 36.4 Å². The van der Waals surface area contributed by atoms with Gasteiger partial charge in [-0.3, -0.25) is 9.88 Å². The Morgan fingerprint density at radius 1 is 1.13 bits per heavy atom. The maximum Gasteiger partial charge on any atom is 0.413 e. The van der Waals surface area contributed by atoms with E-state index in [-0.39, 0.29) is 6.54 Å². The third-order valence-electron chi connectivity index (χ3n) is 4.49. The second-order valence-electron chi connectivity index (χ2n) is 6.19. The van der Waals surface area contributed by atoms with Crippen LogP contribution in [0.25, 0.3) is 0 Å². The number of carbonyl (C=O) groups excluding carboxylic acids is 1. The SMILES string of the molecule is C[C@]1(Cc2ccccc2)OC(=O)N(Cc2ccccn2)[C@]1(C)O. The summed E-state index contributed by atoms with van der Waals surface area (Å²) in [4.78, 5) is 17.9. The van der Waals surface area contributed by atoms with Crippen LogP contribution in [-0.2, 0) is 17.7 Å². The number of rotatable bonds is 4. The molecule has 2 atom stereocenters. The second kappa shape index (κ2) is 5.66. The predicted molar refractivity (Wildman–Crippen MR) is 85.4 cm³/mol. The van der Waals surface area contributed by atoms with Crippen LogP contribution in [0.4, 0.5) is 4.79 Å². The van der Waals surface area contributed by atoms with Crippen molar-refractivity contribution in [3.05, 3.63) is 66.0 Å². The van der Waals surface area contributed by atoms with E-state index in [1.807, 2.05) is 48.5 Å². The zero-order chi connectivity index (χ0) is 16.5. The lowest BCUT2D eigenvalue weighted by Gasteiger charge is -2.37. The summed E-state index contributed by atoms with van der Waals surface area (Å²) in [5.74, 6) is 0. The lowest BCUT2D eigenvalue weighted by atomic mass is 9.86. The molecule has 5 nitrogen and oxygen atoms in total. The van der Waals surface area contributed by atoms with Crippen LogP contribution in [0.2, 0.25) is 0 Å². The van der Waals surface area contributed by atoms with E-state index in [4.69, 9.17) is 4.74 Å². The molecule has 0 saturated carbocycles. The summed E-state index contributed by atoms with van der Waals surface area (Å²) >= 11 is 0. The van der Waals surface area contributed by atoms with E-state index in [1.54, 1.807) is 20.0 Å². The Hall–Kier alpha value is -2.40. The molecule has 1 fully saturated rings. The number of ether oxygens (including phenoxy) is 1. The molecule has 23 heavy (non-hydrogen) atoms. The molecular weight excluding hydrogens is 292 g/mol. The first-order valence-corrected chi connectivity index (χ1v) is 7.59. The van der Waals surface area contributed by atoms with Gasteiger partial charge in [0.2, 0.25) is 0 Å². The number of hydrogen-bond donors (Lipinski definition) is 1. The number of aliphatic hydroxyl groups is 1. The molecule has 0 aliphatic carbocycles. The van der Waals surface area contributed by atoms with Crippen LogP contribution >= 0.6 is 0 Å². The zero-order valence-corrected chi connectivity index (χ0v) is 13.3. The molecule has 1 aliphatic heterocycles. The monoisotopic (exact) mass is 312 g/mol. The summed E-state index contributed by atoms with van der Waals surface area (Å²) in [6.45, 7) is 3.58. The van der Waals surface area contributed by atoms with Gasteiger partial charge in [0.15, 0.2) is 11.3 Å². The Morgan fingerprint density at radius 3 is 2.48 bits per heavy atom. The van der Waals surface area contributed by atoms with Crippen LogP contribution in [0.3, 0.4) is 0 Å². The Kier molecular flexibility index (Phi) is 3.82. The predicted octanol–water partition coefficient (Wildman–Crippen LogP) is 2.74. The maximum atomic E-state index is 12.3. The molecule has 120 valence electrons. The minimum absolute atomic E-state index is 0.205. The number of pyridine rings is 1. The third-order valence-corrected chi connectivity index (χ3v) is 4.49. The average molecular weight is 312 g/mol. The minimum Gasteiger partial charge on any atom is -0.438 e. The fourth-order valence-corrected chi connectivity index (χ4v) is 2.87. The van der Waals surface area contributed by atoms with E-state index in [0.29, 0.717) is 12.1 Å². The fraction of sp³-hybridized carbons (Fsp3) is 0.333. The van der Waals surface area contributed by atoms with E-state index in [2.05, 4.69) is 4.98 Å². The Labute approximate surface area is 135 Å². The smallest absolute Gasteiger partial charge is 0.413 e. The highest BCUT2D eigenvalue weighted by atomic mass is 16.6. The topological polar surface area (TPSA) is 62.7 Å². The number of amides is 1. The van der Waals surface area contributed by atoms with E-state index in [0.717, 1.165) is 5.56 Å². The molecule has 2 heterocycles. The van der Waals surface area contributed by atoms with Gasteiger partial charge >= 0.3 is 6.09 Å². The highest BCUT2D eigenvalue weighted by Crippen LogP contribution is 2.40. The summed E-state index contributed by atoms with van der Waals surface area (Å²) in [6.07, 6.45) is 1.57. The molecule has 2 aromatic rings. The summed E-state index contributed by atoms with van der Waals surface area (Å²) < 4.78 is 5.56. The standard InChI is InChI=1S/C18H20N2O3/c1-17(12-14-8-4-3-5-9-14)18(2,22)20(16(21)23-17)13-15-10-6-7-11-19-15/h3-11,22H,12-13H2,1-2H3/t17-,18-/m1/s1. The first-order chi connectivity index (χ1) is 10.9. The van der Waals surface area contributed by atoms with Crippen LogP contribution in [0.5, 0.6) is 0 Å². The summed E-state index contributed by atoms with van der Waals surface area (Å²) in [5.41, 5.74) is -0.756.